The summed E-state index contributed by atoms with van der Waals surface area (Å²) in [4.78, 5) is 0. The fourth-order valence-corrected chi connectivity index (χ4v) is 0. The molecule has 0 amide bonds. The van der Waals surface area contributed by atoms with Crippen molar-refractivity contribution in [2.45, 2.75) is 0 Å². The molecule has 2 N–H and O–H groups in total. The van der Waals surface area contributed by atoms with E-state index in [1.807, 2.05) is 0 Å². The summed E-state index contributed by atoms with van der Waals surface area (Å²) in [7, 11) is 0. The second-order valence-electron chi connectivity index (χ2n) is 0. The Morgan fingerprint density at radius 1 is 1.00 bits per heavy atom. The standard InChI is InChI=1S/Al.ClH.H2O.Zr/h;1H;1H2;/q+3;;;+2. The summed E-state index contributed by atoms with van der Waals surface area (Å²) in [6.07, 6.45) is 0. The first-order valence-electron chi connectivity index (χ1n) is 0. The van der Waals surface area contributed by atoms with Crippen molar-refractivity contribution in [1.29, 1.82) is 0 Å². The second-order valence-corrected chi connectivity index (χ2v) is 0. The molecule has 0 aromatic heterocycles. The van der Waals surface area contributed by atoms with Gasteiger partial charge in [0.1, 0.15) is 0 Å². The van der Waals surface area contributed by atoms with E-state index in [1.165, 1.54) is 0 Å². The Balaban J connectivity index is 0. The van der Waals surface area contributed by atoms with Gasteiger partial charge in [-0.3, -0.25) is 0 Å². The molecule has 0 fully saturated rings. The van der Waals surface area contributed by atoms with Crippen LogP contribution >= 0.6 is 12.4 Å². The maximum absolute atomic E-state index is 0. The summed E-state index contributed by atoms with van der Waals surface area (Å²) in [6.45, 7) is 0. The molecule has 4 heavy (non-hydrogen) atoms. The van der Waals surface area contributed by atoms with Crippen molar-refractivity contribution in [3.63, 3.8) is 0 Å². The van der Waals surface area contributed by atoms with Gasteiger partial charge in [0, 0.05) is 0 Å². The molecule has 0 spiro atoms. The van der Waals surface area contributed by atoms with Gasteiger partial charge in [0.05, 0.1) is 0 Å². The molecule has 0 heterocycles. The third-order valence-electron chi connectivity index (χ3n) is 0. The van der Waals surface area contributed by atoms with Crippen LogP contribution in [0.1, 0.15) is 0 Å². The minimum Gasteiger partial charge on any atom is -0.412 e. The molecule has 0 saturated carbocycles. The van der Waals surface area contributed by atoms with Crippen LogP contribution in [0.3, 0.4) is 0 Å². The van der Waals surface area contributed by atoms with Crippen molar-refractivity contribution in [2.24, 2.45) is 0 Å². The monoisotopic (exact) mass is 171 g/mol. The van der Waals surface area contributed by atoms with E-state index in [0.717, 1.165) is 0 Å². The first kappa shape index (κ1) is 44.5. The van der Waals surface area contributed by atoms with Crippen LogP contribution in [0.15, 0.2) is 0 Å². The van der Waals surface area contributed by atoms with Gasteiger partial charge >= 0.3 is 43.6 Å². The molecule has 0 aromatic carbocycles. The van der Waals surface area contributed by atoms with Crippen LogP contribution in [-0.4, -0.2) is 22.8 Å². The molecule has 0 aliphatic rings. The normalized spacial score (nSPS) is 0. The van der Waals surface area contributed by atoms with E-state index in [9.17, 15) is 0 Å². The quantitative estimate of drug-likeness (QED) is 0.430. The first-order chi connectivity index (χ1) is 0. The average Bonchev–Trinajstić information content (AvgIpc) is 0. The molecular formula is H3AlClOZr+5. The summed E-state index contributed by atoms with van der Waals surface area (Å²) >= 11 is 0. The molecule has 1 nitrogen and oxygen atoms in total. The Hall–Kier alpha value is 1.67. The molecule has 0 aliphatic carbocycles. The van der Waals surface area contributed by atoms with Gasteiger partial charge in [-0.25, -0.2) is 0 Å². The smallest absolute Gasteiger partial charge is 0.412 e. The third kappa shape index (κ3) is 9.39. The van der Waals surface area contributed by atoms with Crippen molar-refractivity contribution in [1.82, 2.24) is 0 Å². The van der Waals surface area contributed by atoms with E-state index < -0.39 is 0 Å². The zero-order chi connectivity index (χ0) is 0. The number of hydrogen-bond donors (Lipinski definition) is 0. The van der Waals surface area contributed by atoms with Crippen molar-refractivity contribution >= 4 is 29.8 Å². The van der Waals surface area contributed by atoms with E-state index in [4.69, 9.17) is 0 Å². The van der Waals surface area contributed by atoms with Crippen LogP contribution in [0.2, 0.25) is 0 Å². The van der Waals surface area contributed by atoms with Gasteiger partial charge in [0.2, 0.25) is 0 Å². The maximum Gasteiger partial charge on any atom is 3.00 e. The van der Waals surface area contributed by atoms with Crippen LogP contribution in [0, 0.1) is 0 Å². The number of hydrogen-bond acceptors (Lipinski definition) is 0. The number of halogens is 1. The summed E-state index contributed by atoms with van der Waals surface area (Å²) in [5.41, 5.74) is 0. The van der Waals surface area contributed by atoms with Crippen LogP contribution < -0.4 is 0 Å². The minimum absolute atomic E-state index is 0. The van der Waals surface area contributed by atoms with Crippen LogP contribution in [0.25, 0.3) is 0 Å². The Morgan fingerprint density at radius 3 is 1.00 bits per heavy atom. The van der Waals surface area contributed by atoms with E-state index >= 15 is 0 Å². The fourth-order valence-electron chi connectivity index (χ4n) is 0. The zero-order valence-corrected chi connectivity index (χ0v) is 6.41. The Labute approximate surface area is 61.1 Å². The molecule has 0 radical (unpaired) electrons. The average molecular weight is 173 g/mol. The minimum atomic E-state index is 0. The summed E-state index contributed by atoms with van der Waals surface area (Å²) in [5, 5.41) is 0. The summed E-state index contributed by atoms with van der Waals surface area (Å²) in [6, 6.07) is 0. The van der Waals surface area contributed by atoms with Crippen LogP contribution in [-0.2, 0) is 26.2 Å². The predicted octanol–water partition coefficient (Wildman–Crippen LogP) is -0.786. The molecule has 0 unspecified atom stereocenters. The van der Waals surface area contributed by atoms with Gasteiger partial charge < -0.3 is 5.48 Å². The number of rotatable bonds is 0. The Morgan fingerprint density at radius 2 is 1.00 bits per heavy atom. The molecule has 0 aromatic rings. The first-order valence-corrected chi connectivity index (χ1v) is 0. The maximum atomic E-state index is 0. The van der Waals surface area contributed by atoms with Crippen molar-refractivity contribution in [3.8, 4) is 0 Å². The second kappa shape index (κ2) is 22.6. The van der Waals surface area contributed by atoms with Crippen LogP contribution in [0.4, 0.5) is 0 Å². The molecule has 0 atom stereocenters. The molecule has 0 bridgehead atoms. The van der Waals surface area contributed by atoms with E-state index in [2.05, 4.69) is 0 Å². The van der Waals surface area contributed by atoms with E-state index in [1.54, 1.807) is 0 Å². The fraction of sp³-hybridized carbons (Fsp3) is 0. The summed E-state index contributed by atoms with van der Waals surface area (Å²) < 4.78 is 0. The summed E-state index contributed by atoms with van der Waals surface area (Å²) in [5.74, 6) is 0. The van der Waals surface area contributed by atoms with Gasteiger partial charge in [-0.2, -0.15) is 0 Å². The van der Waals surface area contributed by atoms with E-state index in [-0.39, 0.29) is 61.4 Å². The molecule has 0 aliphatic heterocycles. The third-order valence-corrected chi connectivity index (χ3v) is 0. The molecule has 18 valence electrons. The molecule has 4 heteroatoms. The zero-order valence-electron chi connectivity index (χ0n) is 1.99. The van der Waals surface area contributed by atoms with Crippen LogP contribution in [0.5, 0.6) is 0 Å². The molecule has 0 rings (SSSR count). The SMILES string of the molecule is Cl.O.[Al+3].[Zr+2]. The van der Waals surface area contributed by atoms with Gasteiger partial charge in [-0.1, -0.05) is 0 Å². The van der Waals surface area contributed by atoms with Crippen molar-refractivity contribution in [2.75, 3.05) is 0 Å². The topological polar surface area (TPSA) is 31.5 Å². The van der Waals surface area contributed by atoms with Gasteiger partial charge in [0.15, 0.2) is 0 Å². The Kier molecular flexibility index (Phi) is 251. The van der Waals surface area contributed by atoms with Gasteiger partial charge in [0.25, 0.3) is 0 Å². The molecule has 0 saturated heterocycles. The molecular weight excluding hydrogens is 170 g/mol. The van der Waals surface area contributed by atoms with Crippen molar-refractivity contribution in [3.05, 3.63) is 0 Å². The Bertz CT molecular complexity index is 8.00. The van der Waals surface area contributed by atoms with E-state index in [0.29, 0.717) is 0 Å². The van der Waals surface area contributed by atoms with Crippen molar-refractivity contribution < 1.29 is 31.7 Å². The van der Waals surface area contributed by atoms with Gasteiger partial charge in [-0.15, -0.1) is 12.4 Å². The van der Waals surface area contributed by atoms with Gasteiger partial charge in [-0.05, 0) is 0 Å². The largest absolute Gasteiger partial charge is 3.00 e. The predicted molar refractivity (Wildman–Crippen MR) is 16.6 cm³/mol.